The molecule has 6 heteroatoms. The molecule has 2 aromatic heterocycles. The normalized spacial score (nSPS) is 17.9. The van der Waals surface area contributed by atoms with Crippen LogP contribution in [-0.2, 0) is 6.54 Å². The average Bonchev–Trinajstić information content (AvgIpc) is 3.10. The van der Waals surface area contributed by atoms with Gasteiger partial charge in [-0.25, -0.2) is 0 Å². The van der Waals surface area contributed by atoms with E-state index in [0.29, 0.717) is 24.0 Å². The van der Waals surface area contributed by atoms with E-state index >= 15 is 0 Å². The van der Waals surface area contributed by atoms with Crippen LogP contribution in [0.5, 0.6) is 0 Å². The Morgan fingerprint density at radius 2 is 2.00 bits per heavy atom. The second kappa shape index (κ2) is 5.54. The Bertz CT molecular complexity index is 500. The van der Waals surface area contributed by atoms with Crippen LogP contribution in [0.25, 0.3) is 11.6 Å². The lowest BCUT2D eigenvalue weighted by Crippen LogP contribution is -2.45. The van der Waals surface area contributed by atoms with Crippen LogP contribution in [0.1, 0.15) is 12.8 Å². The molecule has 3 heterocycles. The van der Waals surface area contributed by atoms with Gasteiger partial charge in [-0.2, -0.15) is 4.98 Å². The fourth-order valence-corrected chi connectivity index (χ4v) is 2.28. The van der Waals surface area contributed by atoms with Crippen LogP contribution in [0.4, 0.5) is 0 Å². The van der Waals surface area contributed by atoms with Crippen LogP contribution in [-0.4, -0.2) is 52.7 Å². The van der Waals surface area contributed by atoms with Crippen molar-refractivity contribution >= 4 is 0 Å². The van der Waals surface area contributed by atoms with Crippen molar-refractivity contribution in [3.05, 3.63) is 24.3 Å². The molecule has 0 unspecified atom stereocenters. The summed E-state index contributed by atoms with van der Waals surface area (Å²) in [7, 11) is 0. The van der Waals surface area contributed by atoms with E-state index in [1.807, 2.05) is 12.1 Å². The van der Waals surface area contributed by atoms with Crippen LogP contribution in [0.2, 0.25) is 0 Å². The van der Waals surface area contributed by atoms with E-state index < -0.39 is 0 Å². The zero-order valence-corrected chi connectivity index (χ0v) is 11.1. The van der Waals surface area contributed by atoms with Crippen molar-refractivity contribution in [3.8, 4) is 11.6 Å². The first-order valence-corrected chi connectivity index (χ1v) is 6.66. The standard InChI is InChI=1S/C13H18N4O2/c1-2-16-5-7-17(8-6-16)10-12-14-13(15-19-12)11-4-3-9-18-11/h3-4,9H,2,5-8,10H2,1H3. The zero-order chi connectivity index (χ0) is 13.1. The van der Waals surface area contributed by atoms with Gasteiger partial charge in [0.2, 0.25) is 11.7 Å². The van der Waals surface area contributed by atoms with Crippen LogP contribution in [0, 0.1) is 0 Å². The molecule has 2 aromatic rings. The van der Waals surface area contributed by atoms with Gasteiger partial charge in [-0.15, -0.1) is 0 Å². The molecule has 0 spiro atoms. The maximum atomic E-state index is 5.27. The molecular formula is C13H18N4O2. The molecule has 1 aliphatic heterocycles. The number of piperazine rings is 1. The predicted octanol–water partition coefficient (Wildman–Crippen LogP) is 1.47. The van der Waals surface area contributed by atoms with E-state index in [-0.39, 0.29) is 0 Å². The van der Waals surface area contributed by atoms with Gasteiger partial charge in [-0.3, -0.25) is 4.90 Å². The molecule has 0 saturated carbocycles. The Morgan fingerprint density at radius 1 is 1.21 bits per heavy atom. The molecule has 0 N–H and O–H groups in total. The van der Waals surface area contributed by atoms with Gasteiger partial charge in [-0.05, 0) is 18.7 Å². The highest BCUT2D eigenvalue weighted by molar-refractivity contribution is 5.44. The summed E-state index contributed by atoms with van der Waals surface area (Å²) in [5, 5.41) is 3.94. The molecule has 6 nitrogen and oxygen atoms in total. The van der Waals surface area contributed by atoms with E-state index in [0.717, 1.165) is 32.7 Å². The van der Waals surface area contributed by atoms with E-state index in [4.69, 9.17) is 8.94 Å². The van der Waals surface area contributed by atoms with Crippen molar-refractivity contribution in [1.29, 1.82) is 0 Å². The van der Waals surface area contributed by atoms with Crippen LogP contribution in [0.15, 0.2) is 27.3 Å². The summed E-state index contributed by atoms with van der Waals surface area (Å²) in [5.74, 6) is 1.81. The van der Waals surface area contributed by atoms with Gasteiger partial charge in [0.05, 0.1) is 12.8 Å². The summed E-state index contributed by atoms with van der Waals surface area (Å²) in [6.07, 6.45) is 1.61. The summed E-state index contributed by atoms with van der Waals surface area (Å²) in [4.78, 5) is 9.14. The summed E-state index contributed by atoms with van der Waals surface area (Å²) in [6.45, 7) is 8.34. The molecule has 0 aliphatic carbocycles. The van der Waals surface area contributed by atoms with E-state index in [9.17, 15) is 0 Å². The van der Waals surface area contributed by atoms with Crippen molar-refractivity contribution in [3.63, 3.8) is 0 Å². The first-order valence-electron chi connectivity index (χ1n) is 6.66. The van der Waals surface area contributed by atoms with Gasteiger partial charge < -0.3 is 13.8 Å². The van der Waals surface area contributed by atoms with Crippen molar-refractivity contribution < 1.29 is 8.94 Å². The Labute approximate surface area is 112 Å². The minimum atomic E-state index is 0.521. The number of furan rings is 1. The molecule has 0 aromatic carbocycles. The van der Waals surface area contributed by atoms with Gasteiger partial charge in [0, 0.05) is 26.2 Å². The Kier molecular flexibility index (Phi) is 3.61. The molecule has 3 rings (SSSR count). The quantitative estimate of drug-likeness (QED) is 0.831. The van der Waals surface area contributed by atoms with E-state index in [1.165, 1.54) is 0 Å². The van der Waals surface area contributed by atoms with E-state index in [2.05, 4.69) is 26.9 Å². The second-order valence-corrected chi connectivity index (χ2v) is 4.70. The zero-order valence-electron chi connectivity index (χ0n) is 11.1. The van der Waals surface area contributed by atoms with Crippen LogP contribution >= 0.6 is 0 Å². The number of aromatic nitrogens is 2. The van der Waals surface area contributed by atoms with Gasteiger partial charge in [0.1, 0.15) is 0 Å². The van der Waals surface area contributed by atoms with Crippen molar-refractivity contribution in [2.75, 3.05) is 32.7 Å². The summed E-state index contributed by atoms with van der Waals surface area (Å²) >= 11 is 0. The molecule has 19 heavy (non-hydrogen) atoms. The summed E-state index contributed by atoms with van der Waals surface area (Å²) in [5.41, 5.74) is 0. The van der Waals surface area contributed by atoms with E-state index in [1.54, 1.807) is 6.26 Å². The van der Waals surface area contributed by atoms with Crippen LogP contribution < -0.4 is 0 Å². The summed E-state index contributed by atoms with van der Waals surface area (Å²) in [6, 6.07) is 3.64. The first kappa shape index (κ1) is 12.4. The third-order valence-electron chi connectivity index (χ3n) is 3.48. The highest BCUT2D eigenvalue weighted by Crippen LogP contribution is 2.16. The monoisotopic (exact) mass is 262 g/mol. The Morgan fingerprint density at radius 3 is 2.68 bits per heavy atom. The predicted molar refractivity (Wildman–Crippen MR) is 69.4 cm³/mol. The fraction of sp³-hybridized carbons (Fsp3) is 0.538. The Hall–Kier alpha value is -1.66. The number of rotatable bonds is 4. The topological polar surface area (TPSA) is 58.5 Å². The third kappa shape index (κ3) is 2.85. The molecule has 1 saturated heterocycles. The SMILES string of the molecule is CCN1CCN(Cc2nc(-c3ccco3)no2)CC1. The first-order chi connectivity index (χ1) is 9.35. The molecule has 0 amide bonds. The number of hydrogen-bond donors (Lipinski definition) is 0. The smallest absolute Gasteiger partial charge is 0.241 e. The Balaban J connectivity index is 1.59. The average molecular weight is 262 g/mol. The maximum absolute atomic E-state index is 5.27. The number of likely N-dealkylation sites (N-methyl/N-ethyl adjacent to an activating group) is 1. The van der Waals surface area contributed by atoms with Crippen molar-refractivity contribution in [2.24, 2.45) is 0 Å². The molecule has 1 aliphatic rings. The molecule has 102 valence electrons. The number of nitrogens with zero attached hydrogens (tertiary/aromatic N) is 4. The molecule has 1 fully saturated rings. The van der Waals surface area contributed by atoms with Gasteiger partial charge >= 0.3 is 0 Å². The second-order valence-electron chi connectivity index (χ2n) is 4.70. The fourth-order valence-electron chi connectivity index (χ4n) is 2.28. The molecule has 0 bridgehead atoms. The largest absolute Gasteiger partial charge is 0.461 e. The highest BCUT2D eigenvalue weighted by Gasteiger charge is 2.18. The maximum Gasteiger partial charge on any atom is 0.241 e. The molecule has 0 radical (unpaired) electrons. The lowest BCUT2D eigenvalue weighted by molar-refractivity contribution is 0.121. The summed E-state index contributed by atoms with van der Waals surface area (Å²) < 4.78 is 10.5. The highest BCUT2D eigenvalue weighted by atomic mass is 16.5. The molecule has 0 atom stereocenters. The minimum absolute atomic E-state index is 0.521. The lowest BCUT2D eigenvalue weighted by atomic mass is 10.3. The van der Waals surface area contributed by atoms with Gasteiger partial charge in [0.25, 0.3) is 0 Å². The van der Waals surface area contributed by atoms with Gasteiger partial charge in [0.15, 0.2) is 5.76 Å². The van der Waals surface area contributed by atoms with Gasteiger partial charge in [-0.1, -0.05) is 12.1 Å². The minimum Gasteiger partial charge on any atom is -0.461 e. The number of hydrogen-bond acceptors (Lipinski definition) is 6. The van der Waals surface area contributed by atoms with Crippen molar-refractivity contribution in [2.45, 2.75) is 13.5 Å². The molecular weight excluding hydrogens is 244 g/mol. The van der Waals surface area contributed by atoms with Crippen LogP contribution in [0.3, 0.4) is 0 Å². The van der Waals surface area contributed by atoms with Crippen molar-refractivity contribution in [1.82, 2.24) is 19.9 Å². The third-order valence-corrected chi connectivity index (χ3v) is 3.48. The lowest BCUT2D eigenvalue weighted by Gasteiger charge is -2.32.